The summed E-state index contributed by atoms with van der Waals surface area (Å²) in [7, 11) is 1.63. The molecule has 5 rings (SSSR count). The van der Waals surface area contributed by atoms with E-state index in [-0.39, 0.29) is 42.4 Å². The number of rotatable bonds is 15. The molecule has 1 aliphatic carbocycles. The second kappa shape index (κ2) is 17.0. The van der Waals surface area contributed by atoms with Gasteiger partial charge in [0.25, 0.3) is 5.91 Å². The van der Waals surface area contributed by atoms with Crippen LogP contribution in [0.4, 0.5) is 8.78 Å². The molecular formula is C35H46F2N4O6. The molecule has 1 aromatic heterocycles. The van der Waals surface area contributed by atoms with Crippen LogP contribution in [0.5, 0.6) is 5.75 Å². The summed E-state index contributed by atoms with van der Waals surface area (Å²) < 4.78 is 52.9. The molecule has 1 saturated carbocycles. The van der Waals surface area contributed by atoms with Gasteiger partial charge in [-0.1, -0.05) is 49.6 Å². The van der Waals surface area contributed by atoms with Crippen molar-refractivity contribution in [2.45, 2.75) is 44.8 Å². The third kappa shape index (κ3) is 8.86. The highest BCUT2D eigenvalue weighted by atomic mass is 19.2. The van der Waals surface area contributed by atoms with Crippen LogP contribution in [0.1, 0.15) is 48.2 Å². The summed E-state index contributed by atoms with van der Waals surface area (Å²) in [5.74, 6) is -2.08. The fourth-order valence-electron chi connectivity index (χ4n) is 6.37. The molecule has 0 unspecified atom stereocenters. The van der Waals surface area contributed by atoms with Crippen molar-refractivity contribution in [2.75, 3.05) is 65.8 Å². The van der Waals surface area contributed by atoms with Crippen LogP contribution in [0.25, 0.3) is 10.9 Å². The Morgan fingerprint density at radius 3 is 2.11 bits per heavy atom. The summed E-state index contributed by atoms with van der Waals surface area (Å²) >= 11 is 0. The number of carbonyl (C=O) groups is 2. The standard InChI is InChI=1S/C35H46F2N4O6/c1-39-30-23-29(37)28(36)22-27(30)33(47-21-20-45-17-16-44-18-19-46-24-25-8-4-2-5-9-25)32(39)35(43)41-14-12-40(13-15-41)34(42)31(38)26-10-6-3-7-11-26/h2,4-5,8-9,22-23,26,31H,3,6-7,10-21,24,38H2,1H3/t31-/m0/s1. The molecule has 2 N–H and O–H groups in total. The van der Waals surface area contributed by atoms with Crippen molar-refractivity contribution in [1.29, 1.82) is 0 Å². The molecule has 256 valence electrons. The molecule has 2 amide bonds. The molecule has 3 aromatic rings. The predicted octanol–water partition coefficient (Wildman–Crippen LogP) is 4.28. The lowest BCUT2D eigenvalue weighted by Crippen LogP contribution is -2.56. The molecule has 2 aliphatic rings. The largest absolute Gasteiger partial charge is 0.488 e. The van der Waals surface area contributed by atoms with E-state index in [4.69, 9.17) is 24.7 Å². The molecule has 1 aliphatic heterocycles. The van der Waals surface area contributed by atoms with Crippen LogP contribution in [0.15, 0.2) is 42.5 Å². The number of nitrogens with two attached hydrogens (primary N) is 1. The Kier molecular flexibility index (Phi) is 12.6. The monoisotopic (exact) mass is 656 g/mol. The van der Waals surface area contributed by atoms with E-state index in [0.29, 0.717) is 70.1 Å². The van der Waals surface area contributed by atoms with Crippen molar-refractivity contribution in [2.24, 2.45) is 18.7 Å². The van der Waals surface area contributed by atoms with E-state index in [1.165, 1.54) is 11.0 Å². The number of hydrogen-bond donors (Lipinski definition) is 1. The number of ether oxygens (including phenoxy) is 4. The fourth-order valence-corrected chi connectivity index (χ4v) is 6.37. The number of halogens is 2. The number of aromatic nitrogens is 1. The van der Waals surface area contributed by atoms with E-state index >= 15 is 0 Å². The van der Waals surface area contributed by atoms with Gasteiger partial charge in [-0.2, -0.15) is 0 Å². The third-order valence-electron chi connectivity index (χ3n) is 9.05. The van der Waals surface area contributed by atoms with Crippen molar-refractivity contribution in [1.82, 2.24) is 14.4 Å². The van der Waals surface area contributed by atoms with Gasteiger partial charge >= 0.3 is 0 Å². The third-order valence-corrected chi connectivity index (χ3v) is 9.05. The van der Waals surface area contributed by atoms with Crippen LogP contribution < -0.4 is 10.5 Å². The maximum absolute atomic E-state index is 14.3. The lowest BCUT2D eigenvalue weighted by molar-refractivity contribution is -0.135. The minimum absolute atomic E-state index is 0.0645. The lowest BCUT2D eigenvalue weighted by atomic mass is 9.83. The summed E-state index contributed by atoms with van der Waals surface area (Å²) in [4.78, 5) is 30.4. The van der Waals surface area contributed by atoms with Crippen LogP contribution in [-0.4, -0.2) is 98.0 Å². The molecule has 1 saturated heterocycles. The molecule has 0 bridgehead atoms. The minimum atomic E-state index is -1.03. The number of benzene rings is 2. The van der Waals surface area contributed by atoms with Crippen molar-refractivity contribution < 1.29 is 37.3 Å². The number of hydrogen-bond acceptors (Lipinski definition) is 7. The van der Waals surface area contributed by atoms with E-state index in [1.807, 2.05) is 30.3 Å². The maximum Gasteiger partial charge on any atom is 0.274 e. The van der Waals surface area contributed by atoms with Crippen LogP contribution in [0, 0.1) is 17.6 Å². The number of fused-ring (bicyclic) bond motifs is 1. The zero-order chi connectivity index (χ0) is 33.2. The van der Waals surface area contributed by atoms with Gasteiger partial charge in [0, 0.05) is 44.7 Å². The van der Waals surface area contributed by atoms with Crippen LogP contribution >= 0.6 is 0 Å². The number of nitrogens with zero attached hydrogens (tertiary/aromatic N) is 3. The maximum atomic E-state index is 14.3. The predicted molar refractivity (Wildman–Crippen MR) is 173 cm³/mol. The molecule has 0 radical (unpaired) electrons. The molecular weight excluding hydrogens is 610 g/mol. The Labute approximate surface area is 274 Å². The Balaban J connectivity index is 1.12. The summed E-state index contributed by atoms with van der Waals surface area (Å²) in [5.41, 5.74) is 7.98. The van der Waals surface area contributed by atoms with Gasteiger partial charge in [-0.15, -0.1) is 0 Å². The van der Waals surface area contributed by atoms with Crippen LogP contribution in [-0.2, 0) is 32.7 Å². The topological polar surface area (TPSA) is 108 Å². The van der Waals surface area contributed by atoms with Gasteiger partial charge in [0.15, 0.2) is 23.1 Å². The van der Waals surface area contributed by atoms with E-state index in [2.05, 4.69) is 0 Å². The molecule has 12 heteroatoms. The number of piperazine rings is 1. The van der Waals surface area contributed by atoms with E-state index in [1.54, 1.807) is 16.8 Å². The summed E-state index contributed by atoms with van der Waals surface area (Å²) in [6, 6.07) is 11.5. The van der Waals surface area contributed by atoms with Crippen molar-refractivity contribution in [3.8, 4) is 5.75 Å². The molecule has 2 aromatic carbocycles. The van der Waals surface area contributed by atoms with Crippen molar-refractivity contribution in [3.63, 3.8) is 0 Å². The molecule has 2 heterocycles. The molecule has 2 fully saturated rings. The summed E-state index contributed by atoms with van der Waals surface area (Å²) in [6.07, 6.45) is 5.33. The number of carbonyl (C=O) groups excluding carboxylic acids is 2. The van der Waals surface area contributed by atoms with Gasteiger partial charge in [-0.3, -0.25) is 9.59 Å². The fraction of sp³-hybridized carbons (Fsp3) is 0.543. The second-order valence-corrected chi connectivity index (χ2v) is 12.2. The SMILES string of the molecule is Cn1c(C(=O)N2CCN(C(=O)[C@@H](N)C3CCCCC3)CC2)c(OCCOCCOCCOCc2ccccc2)c2cc(F)c(F)cc21. The van der Waals surface area contributed by atoms with E-state index in [9.17, 15) is 18.4 Å². The summed E-state index contributed by atoms with van der Waals surface area (Å²) in [5, 5.41) is 0.292. The first kappa shape index (κ1) is 34.7. The zero-order valence-corrected chi connectivity index (χ0v) is 27.1. The highest BCUT2D eigenvalue weighted by Gasteiger charge is 2.34. The van der Waals surface area contributed by atoms with Gasteiger partial charge < -0.3 is 39.0 Å². The normalized spacial score (nSPS) is 16.5. The Bertz CT molecular complexity index is 1470. The van der Waals surface area contributed by atoms with Crippen molar-refractivity contribution in [3.05, 3.63) is 65.4 Å². The Hall–Kier alpha value is -3.58. The zero-order valence-electron chi connectivity index (χ0n) is 27.1. The first-order valence-corrected chi connectivity index (χ1v) is 16.6. The van der Waals surface area contributed by atoms with Crippen LogP contribution in [0.3, 0.4) is 0 Å². The molecule has 10 nitrogen and oxygen atoms in total. The number of amides is 2. The highest BCUT2D eigenvalue weighted by molar-refractivity contribution is 6.04. The smallest absolute Gasteiger partial charge is 0.274 e. The van der Waals surface area contributed by atoms with E-state index < -0.39 is 17.7 Å². The minimum Gasteiger partial charge on any atom is -0.488 e. The Morgan fingerprint density at radius 1 is 0.830 bits per heavy atom. The van der Waals surface area contributed by atoms with Gasteiger partial charge in [-0.05, 0) is 30.4 Å². The van der Waals surface area contributed by atoms with Gasteiger partial charge in [0.2, 0.25) is 5.91 Å². The first-order valence-electron chi connectivity index (χ1n) is 16.6. The first-order chi connectivity index (χ1) is 22.8. The van der Waals surface area contributed by atoms with Gasteiger partial charge in [0.1, 0.15) is 6.61 Å². The Morgan fingerprint density at radius 2 is 1.43 bits per heavy atom. The second-order valence-electron chi connectivity index (χ2n) is 12.2. The molecule has 1 atom stereocenters. The molecule has 47 heavy (non-hydrogen) atoms. The van der Waals surface area contributed by atoms with Crippen molar-refractivity contribution >= 4 is 22.7 Å². The highest BCUT2D eigenvalue weighted by Crippen LogP contribution is 2.35. The average molecular weight is 657 g/mol. The number of aryl methyl sites for hydroxylation is 1. The average Bonchev–Trinajstić information content (AvgIpc) is 3.36. The molecule has 0 spiro atoms. The lowest BCUT2D eigenvalue weighted by Gasteiger charge is -2.37. The van der Waals surface area contributed by atoms with Crippen LogP contribution in [0.2, 0.25) is 0 Å². The van der Waals surface area contributed by atoms with Gasteiger partial charge in [0.05, 0.1) is 51.2 Å². The summed E-state index contributed by atoms with van der Waals surface area (Å²) in [6.45, 7) is 3.76. The van der Waals surface area contributed by atoms with Gasteiger partial charge in [-0.25, -0.2) is 8.78 Å². The quantitative estimate of drug-likeness (QED) is 0.244. The van der Waals surface area contributed by atoms with E-state index in [0.717, 1.165) is 43.4 Å².